The van der Waals surface area contributed by atoms with Crippen molar-refractivity contribution in [1.29, 1.82) is 0 Å². The summed E-state index contributed by atoms with van der Waals surface area (Å²) < 4.78 is 3.46. The number of rotatable bonds is 2. The molecule has 0 fully saturated rings. The molecule has 3 rings (SSSR count). The molecular weight excluding hydrogens is 300 g/mol. The van der Waals surface area contributed by atoms with Crippen molar-refractivity contribution in [2.45, 2.75) is 13.5 Å². The van der Waals surface area contributed by atoms with Crippen molar-refractivity contribution in [1.82, 2.24) is 4.57 Å². The number of aromatic nitrogens is 1. The molecule has 3 aromatic rings. The molecule has 2 aromatic carbocycles. The van der Waals surface area contributed by atoms with Crippen LogP contribution >= 0.6 is 15.9 Å². The third-order valence-corrected chi connectivity index (χ3v) is 4.54. The zero-order valence-corrected chi connectivity index (χ0v) is 12.3. The van der Waals surface area contributed by atoms with Gasteiger partial charge >= 0.3 is 0 Å². The SMILES string of the molecule is Cc1c(Br)c2ccccc2n1Cc1ccccc1N. The van der Waals surface area contributed by atoms with Gasteiger partial charge in [-0.15, -0.1) is 0 Å². The van der Waals surface area contributed by atoms with Crippen LogP contribution in [0.2, 0.25) is 0 Å². The topological polar surface area (TPSA) is 30.9 Å². The van der Waals surface area contributed by atoms with Crippen molar-refractivity contribution in [2.24, 2.45) is 0 Å². The maximum Gasteiger partial charge on any atom is 0.0499 e. The Bertz CT molecular complexity index is 744. The van der Waals surface area contributed by atoms with Gasteiger partial charge in [0.2, 0.25) is 0 Å². The first-order valence-corrected chi connectivity index (χ1v) is 7.04. The summed E-state index contributed by atoms with van der Waals surface area (Å²) in [6.45, 7) is 2.92. The number of benzene rings is 2. The van der Waals surface area contributed by atoms with Crippen LogP contribution in [0.15, 0.2) is 53.0 Å². The molecule has 0 radical (unpaired) electrons. The second kappa shape index (κ2) is 4.74. The third-order valence-electron chi connectivity index (χ3n) is 3.54. The zero-order valence-electron chi connectivity index (χ0n) is 10.7. The van der Waals surface area contributed by atoms with Crippen LogP contribution < -0.4 is 5.73 Å². The highest BCUT2D eigenvalue weighted by Crippen LogP contribution is 2.31. The van der Waals surface area contributed by atoms with Crippen LogP contribution in [-0.2, 0) is 6.54 Å². The van der Waals surface area contributed by atoms with Crippen LogP contribution in [0.1, 0.15) is 11.3 Å². The van der Waals surface area contributed by atoms with Crippen LogP contribution in [0.3, 0.4) is 0 Å². The highest BCUT2D eigenvalue weighted by Gasteiger charge is 2.12. The van der Waals surface area contributed by atoms with Gasteiger partial charge < -0.3 is 10.3 Å². The number of nitrogens with zero attached hydrogens (tertiary/aromatic N) is 1. The molecule has 2 nitrogen and oxygen atoms in total. The molecule has 0 spiro atoms. The van der Waals surface area contributed by atoms with E-state index in [0.717, 1.165) is 22.3 Å². The average molecular weight is 315 g/mol. The summed E-state index contributed by atoms with van der Waals surface area (Å²) in [5, 5.41) is 1.24. The Morgan fingerprint density at radius 1 is 1.05 bits per heavy atom. The van der Waals surface area contributed by atoms with E-state index in [0.29, 0.717) is 0 Å². The van der Waals surface area contributed by atoms with Crippen molar-refractivity contribution >= 4 is 32.5 Å². The Kier molecular flexibility index (Phi) is 3.07. The van der Waals surface area contributed by atoms with E-state index in [1.807, 2.05) is 18.2 Å². The van der Waals surface area contributed by atoms with Crippen molar-refractivity contribution < 1.29 is 0 Å². The van der Waals surface area contributed by atoms with Crippen molar-refractivity contribution in [3.05, 3.63) is 64.3 Å². The van der Waals surface area contributed by atoms with Gasteiger partial charge in [0.05, 0.1) is 0 Å². The molecule has 0 aliphatic rings. The van der Waals surface area contributed by atoms with Gasteiger partial charge in [-0.1, -0.05) is 36.4 Å². The predicted octanol–water partition coefficient (Wildman–Crippen LogP) is 4.34. The van der Waals surface area contributed by atoms with Crippen LogP contribution in [0.4, 0.5) is 5.69 Å². The number of halogens is 1. The van der Waals surface area contributed by atoms with E-state index in [1.54, 1.807) is 0 Å². The Morgan fingerprint density at radius 3 is 2.53 bits per heavy atom. The van der Waals surface area contributed by atoms with Crippen molar-refractivity contribution in [3.63, 3.8) is 0 Å². The van der Waals surface area contributed by atoms with Gasteiger partial charge in [0.1, 0.15) is 0 Å². The molecule has 0 atom stereocenters. The van der Waals surface area contributed by atoms with E-state index in [2.05, 4.69) is 57.8 Å². The number of fused-ring (bicyclic) bond motifs is 1. The molecule has 0 aliphatic heterocycles. The number of nitrogens with two attached hydrogens (primary N) is 1. The summed E-state index contributed by atoms with van der Waals surface area (Å²) in [6.07, 6.45) is 0. The molecular formula is C16H15BrN2. The number of anilines is 1. The highest BCUT2D eigenvalue weighted by atomic mass is 79.9. The fraction of sp³-hybridized carbons (Fsp3) is 0.125. The lowest BCUT2D eigenvalue weighted by molar-refractivity contribution is 0.804. The molecule has 1 heterocycles. The quantitative estimate of drug-likeness (QED) is 0.701. The van der Waals surface area contributed by atoms with Gasteiger partial charge in [0.15, 0.2) is 0 Å². The Hall–Kier alpha value is -1.74. The monoisotopic (exact) mass is 314 g/mol. The maximum atomic E-state index is 6.04. The largest absolute Gasteiger partial charge is 0.398 e. The first kappa shape index (κ1) is 12.3. The lowest BCUT2D eigenvalue weighted by Gasteiger charge is -2.10. The Balaban J connectivity index is 2.16. The van der Waals surface area contributed by atoms with E-state index in [-0.39, 0.29) is 0 Å². The molecule has 96 valence electrons. The molecule has 0 amide bonds. The third kappa shape index (κ3) is 2.04. The highest BCUT2D eigenvalue weighted by molar-refractivity contribution is 9.10. The fourth-order valence-corrected chi connectivity index (χ4v) is 2.99. The van der Waals surface area contributed by atoms with Crippen LogP contribution in [-0.4, -0.2) is 4.57 Å². The molecule has 0 unspecified atom stereocenters. The van der Waals surface area contributed by atoms with E-state index >= 15 is 0 Å². The summed E-state index contributed by atoms with van der Waals surface area (Å²) in [4.78, 5) is 0. The molecule has 19 heavy (non-hydrogen) atoms. The van der Waals surface area contributed by atoms with Gasteiger partial charge in [-0.05, 0) is 40.5 Å². The van der Waals surface area contributed by atoms with E-state index in [1.165, 1.54) is 16.6 Å². The van der Waals surface area contributed by atoms with Gasteiger partial charge in [0.25, 0.3) is 0 Å². The van der Waals surface area contributed by atoms with E-state index in [9.17, 15) is 0 Å². The van der Waals surface area contributed by atoms with E-state index < -0.39 is 0 Å². The number of hydrogen-bond donors (Lipinski definition) is 1. The van der Waals surface area contributed by atoms with Crippen molar-refractivity contribution in [2.75, 3.05) is 5.73 Å². The van der Waals surface area contributed by atoms with Gasteiger partial charge in [-0.2, -0.15) is 0 Å². The summed E-state index contributed by atoms with van der Waals surface area (Å²) in [6, 6.07) is 16.4. The lowest BCUT2D eigenvalue weighted by atomic mass is 10.2. The maximum absolute atomic E-state index is 6.04. The standard InChI is InChI=1S/C16H15BrN2/c1-11-16(17)13-7-3-5-9-15(13)19(11)10-12-6-2-4-8-14(12)18/h2-9H,10,18H2,1H3. The lowest BCUT2D eigenvalue weighted by Crippen LogP contribution is -2.04. The van der Waals surface area contributed by atoms with E-state index in [4.69, 9.17) is 5.73 Å². The van der Waals surface area contributed by atoms with Crippen molar-refractivity contribution in [3.8, 4) is 0 Å². The summed E-state index contributed by atoms with van der Waals surface area (Å²) in [5.74, 6) is 0. The second-order valence-electron chi connectivity index (χ2n) is 4.70. The first-order chi connectivity index (χ1) is 9.18. The minimum atomic E-state index is 0.796. The van der Waals surface area contributed by atoms with Gasteiger partial charge in [0, 0.05) is 33.3 Å². The number of para-hydroxylation sites is 2. The van der Waals surface area contributed by atoms with Gasteiger partial charge in [-0.25, -0.2) is 0 Å². The summed E-state index contributed by atoms with van der Waals surface area (Å²) in [5.41, 5.74) is 10.5. The molecule has 3 heteroatoms. The number of hydrogen-bond acceptors (Lipinski definition) is 1. The minimum absolute atomic E-state index is 0.796. The summed E-state index contributed by atoms with van der Waals surface area (Å²) in [7, 11) is 0. The normalized spacial score (nSPS) is 11.1. The molecule has 0 aliphatic carbocycles. The zero-order chi connectivity index (χ0) is 13.4. The van der Waals surface area contributed by atoms with Crippen LogP contribution in [0.25, 0.3) is 10.9 Å². The molecule has 1 aromatic heterocycles. The minimum Gasteiger partial charge on any atom is -0.398 e. The van der Waals surface area contributed by atoms with Crippen LogP contribution in [0, 0.1) is 6.92 Å². The summed E-state index contributed by atoms with van der Waals surface area (Å²) >= 11 is 3.68. The number of nitrogen functional groups attached to an aromatic ring is 1. The van der Waals surface area contributed by atoms with Gasteiger partial charge in [-0.3, -0.25) is 0 Å². The van der Waals surface area contributed by atoms with Crippen LogP contribution in [0.5, 0.6) is 0 Å². The molecule has 0 bridgehead atoms. The fourth-order valence-electron chi connectivity index (χ4n) is 2.44. The molecule has 0 saturated heterocycles. The molecule has 2 N–H and O–H groups in total. The molecule has 0 saturated carbocycles. The smallest absolute Gasteiger partial charge is 0.0499 e. The first-order valence-electron chi connectivity index (χ1n) is 6.25. The predicted molar refractivity (Wildman–Crippen MR) is 84.3 cm³/mol. The Labute approximate surface area is 121 Å². The second-order valence-corrected chi connectivity index (χ2v) is 5.49. The Morgan fingerprint density at radius 2 is 1.74 bits per heavy atom. The average Bonchev–Trinajstić information content (AvgIpc) is 2.67.